The number of aromatic nitrogens is 1. The van der Waals surface area contributed by atoms with E-state index in [0.717, 1.165) is 12.0 Å². The van der Waals surface area contributed by atoms with Crippen LogP contribution in [0.1, 0.15) is 33.3 Å². The monoisotopic (exact) mass is 270 g/mol. The standard InChI is InChI=1S/C15H14N2O3/c1-2-10-5-3-4-6-12(10)14(18)17-11-7-8-16-13(9-11)15(19)20/h3-9H,2H2,1H3,(H,19,20)(H,16,17,18). The van der Waals surface area contributed by atoms with Crippen molar-refractivity contribution in [1.82, 2.24) is 4.98 Å². The molecule has 2 rings (SSSR count). The minimum atomic E-state index is -1.13. The van der Waals surface area contributed by atoms with Crippen LogP contribution >= 0.6 is 0 Å². The smallest absolute Gasteiger partial charge is 0.354 e. The van der Waals surface area contributed by atoms with Crippen LogP contribution in [0.3, 0.4) is 0 Å². The Balaban J connectivity index is 2.23. The summed E-state index contributed by atoms with van der Waals surface area (Å²) in [6.45, 7) is 1.97. The molecule has 0 unspecified atom stereocenters. The van der Waals surface area contributed by atoms with E-state index in [1.807, 2.05) is 19.1 Å². The van der Waals surface area contributed by atoms with Gasteiger partial charge in [-0.2, -0.15) is 0 Å². The fraction of sp³-hybridized carbons (Fsp3) is 0.133. The Kier molecular flexibility index (Phi) is 4.10. The molecule has 5 nitrogen and oxygen atoms in total. The number of anilines is 1. The number of pyridine rings is 1. The van der Waals surface area contributed by atoms with Gasteiger partial charge in [0.15, 0.2) is 0 Å². The number of nitrogens with one attached hydrogen (secondary N) is 1. The molecular weight excluding hydrogens is 256 g/mol. The minimum Gasteiger partial charge on any atom is -0.477 e. The zero-order chi connectivity index (χ0) is 14.5. The van der Waals surface area contributed by atoms with Gasteiger partial charge in [0.2, 0.25) is 0 Å². The van der Waals surface area contributed by atoms with Crippen LogP contribution in [0, 0.1) is 0 Å². The zero-order valence-electron chi connectivity index (χ0n) is 11.0. The van der Waals surface area contributed by atoms with Crippen molar-refractivity contribution in [2.24, 2.45) is 0 Å². The molecule has 0 atom stereocenters. The highest BCUT2D eigenvalue weighted by Gasteiger charge is 2.11. The van der Waals surface area contributed by atoms with Gasteiger partial charge in [-0.1, -0.05) is 25.1 Å². The topological polar surface area (TPSA) is 79.3 Å². The maximum absolute atomic E-state index is 12.2. The molecule has 0 radical (unpaired) electrons. The van der Waals surface area contributed by atoms with E-state index in [0.29, 0.717) is 11.3 Å². The lowest BCUT2D eigenvalue weighted by atomic mass is 10.0. The molecule has 20 heavy (non-hydrogen) atoms. The lowest BCUT2D eigenvalue weighted by Gasteiger charge is -2.09. The van der Waals surface area contributed by atoms with Crippen molar-refractivity contribution in [3.63, 3.8) is 0 Å². The third kappa shape index (κ3) is 3.00. The van der Waals surface area contributed by atoms with Crippen LogP contribution in [-0.4, -0.2) is 22.0 Å². The van der Waals surface area contributed by atoms with Crippen molar-refractivity contribution in [3.8, 4) is 0 Å². The molecule has 0 saturated heterocycles. The molecule has 2 aromatic rings. The number of carboxylic acids is 1. The van der Waals surface area contributed by atoms with E-state index in [4.69, 9.17) is 5.11 Å². The van der Waals surface area contributed by atoms with Gasteiger partial charge in [-0.25, -0.2) is 9.78 Å². The summed E-state index contributed by atoms with van der Waals surface area (Å²) < 4.78 is 0. The predicted octanol–water partition coefficient (Wildman–Crippen LogP) is 2.59. The largest absolute Gasteiger partial charge is 0.477 e. The van der Waals surface area contributed by atoms with Gasteiger partial charge in [0, 0.05) is 17.4 Å². The van der Waals surface area contributed by atoms with Gasteiger partial charge in [-0.05, 0) is 30.2 Å². The molecule has 1 heterocycles. The number of benzene rings is 1. The quantitative estimate of drug-likeness (QED) is 0.895. The number of rotatable bonds is 4. The summed E-state index contributed by atoms with van der Waals surface area (Å²) >= 11 is 0. The van der Waals surface area contributed by atoms with Crippen LogP contribution in [0.5, 0.6) is 0 Å². The van der Waals surface area contributed by atoms with E-state index >= 15 is 0 Å². The van der Waals surface area contributed by atoms with Gasteiger partial charge < -0.3 is 10.4 Å². The van der Waals surface area contributed by atoms with Crippen LogP contribution in [0.25, 0.3) is 0 Å². The van der Waals surface area contributed by atoms with Crippen molar-refractivity contribution in [1.29, 1.82) is 0 Å². The van der Waals surface area contributed by atoms with E-state index in [1.54, 1.807) is 18.2 Å². The summed E-state index contributed by atoms with van der Waals surface area (Å²) in [6.07, 6.45) is 2.10. The number of carboxylic acid groups (broad SMARTS) is 1. The van der Waals surface area contributed by atoms with Crippen molar-refractivity contribution >= 4 is 17.6 Å². The van der Waals surface area contributed by atoms with Crippen LogP contribution in [-0.2, 0) is 6.42 Å². The lowest BCUT2D eigenvalue weighted by molar-refractivity contribution is 0.0690. The second kappa shape index (κ2) is 5.97. The molecule has 0 aliphatic rings. The average molecular weight is 270 g/mol. The first-order valence-electron chi connectivity index (χ1n) is 6.20. The Labute approximate surface area is 116 Å². The van der Waals surface area contributed by atoms with E-state index < -0.39 is 5.97 Å². The average Bonchev–Trinajstić information content (AvgIpc) is 2.47. The summed E-state index contributed by atoms with van der Waals surface area (Å²) in [6, 6.07) is 10.2. The Bertz CT molecular complexity index is 653. The Morgan fingerprint density at radius 3 is 2.70 bits per heavy atom. The van der Waals surface area contributed by atoms with Gasteiger partial charge >= 0.3 is 5.97 Å². The highest BCUT2D eigenvalue weighted by molar-refractivity contribution is 6.05. The summed E-state index contributed by atoms with van der Waals surface area (Å²) in [5.74, 6) is -1.39. The molecule has 0 spiro atoms. The van der Waals surface area contributed by atoms with E-state index in [9.17, 15) is 9.59 Å². The van der Waals surface area contributed by atoms with Crippen LogP contribution in [0.15, 0.2) is 42.6 Å². The molecule has 0 fully saturated rings. The minimum absolute atomic E-state index is 0.105. The van der Waals surface area contributed by atoms with Gasteiger partial charge in [0.25, 0.3) is 5.91 Å². The molecule has 1 aromatic heterocycles. The summed E-state index contributed by atoms with van der Waals surface area (Å²) in [5.41, 5.74) is 1.83. The first-order chi connectivity index (χ1) is 9.61. The molecule has 1 aromatic carbocycles. The van der Waals surface area contributed by atoms with Crippen molar-refractivity contribution in [3.05, 3.63) is 59.4 Å². The maximum Gasteiger partial charge on any atom is 0.354 e. The number of aromatic carboxylic acids is 1. The van der Waals surface area contributed by atoms with Crippen LogP contribution in [0.2, 0.25) is 0 Å². The van der Waals surface area contributed by atoms with Crippen molar-refractivity contribution < 1.29 is 14.7 Å². The number of carbonyl (C=O) groups excluding carboxylic acids is 1. The molecule has 0 bridgehead atoms. The molecule has 1 amide bonds. The summed E-state index contributed by atoms with van der Waals surface area (Å²) in [4.78, 5) is 26.7. The number of hydrogen-bond acceptors (Lipinski definition) is 3. The summed E-state index contributed by atoms with van der Waals surface area (Å²) in [5, 5.41) is 11.6. The number of amides is 1. The third-order valence-corrected chi connectivity index (χ3v) is 2.88. The first-order valence-corrected chi connectivity index (χ1v) is 6.20. The van der Waals surface area contributed by atoms with E-state index in [2.05, 4.69) is 10.3 Å². The molecule has 0 saturated carbocycles. The summed E-state index contributed by atoms with van der Waals surface area (Å²) in [7, 11) is 0. The van der Waals surface area contributed by atoms with Crippen molar-refractivity contribution in [2.45, 2.75) is 13.3 Å². The fourth-order valence-electron chi connectivity index (χ4n) is 1.87. The molecule has 0 aliphatic heterocycles. The molecule has 0 aliphatic carbocycles. The van der Waals surface area contributed by atoms with Crippen LogP contribution in [0.4, 0.5) is 5.69 Å². The Hall–Kier alpha value is -2.69. The van der Waals surface area contributed by atoms with Gasteiger partial charge in [0.05, 0.1) is 0 Å². The zero-order valence-corrected chi connectivity index (χ0v) is 11.0. The number of hydrogen-bond donors (Lipinski definition) is 2. The maximum atomic E-state index is 12.2. The molecule has 102 valence electrons. The normalized spacial score (nSPS) is 10.1. The number of carbonyl (C=O) groups is 2. The number of aryl methyl sites for hydroxylation is 1. The Morgan fingerprint density at radius 2 is 2.00 bits per heavy atom. The lowest BCUT2D eigenvalue weighted by Crippen LogP contribution is -2.14. The van der Waals surface area contributed by atoms with E-state index in [1.165, 1.54) is 12.3 Å². The molecule has 2 N–H and O–H groups in total. The van der Waals surface area contributed by atoms with Crippen molar-refractivity contribution in [2.75, 3.05) is 5.32 Å². The number of nitrogens with zero attached hydrogens (tertiary/aromatic N) is 1. The van der Waals surface area contributed by atoms with E-state index in [-0.39, 0.29) is 11.6 Å². The SMILES string of the molecule is CCc1ccccc1C(=O)Nc1ccnc(C(=O)O)c1. The fourth-order valence-corrected chi connectivity index (χ4v) is 1.87. The predicted molar refractivity (Wildman–Crippen MR) is 75.0 cm³/mol. The molecule has 5 heteroatoms. The Morgan fingerprint density at radius 1 is 1.25 bits per heavy atom. The second-order valence-corrected chi connectivity index (χ2v) is 4.20. The highest BCUT2D eigenvalue weighted by atomic mass is 16.4. The first kappa shape index (κ1) is 13.7. The highest BCUT2D eigenvalue weighted by Crippen LogP contribution is 2.14. The second-order valence-electron chi connectivity index (χ2n) is 4.20. The molecular formula is C15H14N2O3. The van der Waals surface area contributed by atoms with Crippen LogP contribution < -0.4 is 5.32 Å². The van der Waals surface area contributed by atoms with Gasteiger partial charge in [-0.3, -0.25) is 4.79 Å². The third-order valence-electron chi connectivity index (χ3n) is 2.88. The van der Waals surface area contributed by atoms with Gasteiger partial charge in [-0.15, -0.1) is 0 Å². The van der Waals surface area contributed by atoms with Gasteiger partial charge in [0.1, 0.15) is 5.69 Å².